The Bertz CT molecular complexity index is 444. The molecule has 1 aromatic carbocycles. The third-order valence-corrected chi connectivity index (χ3v) is 2.96. The predicted molar refractivity (Wildman–Crippen MR) is 67.3 cm³/mol. The molecular weight excluding hydrogens is 214 g/mol. The van der Waals surface area contributed by atoms with Crippen molar-refractivity contribution in [3.63, 3.8) is 0 Å². The first-order valence-corrected chi connectivity index (χ1v) is 5.66. The molecular formula is C13H17N3O. The monoisotopic (exact) mass is 231 g/mol. The van der Waals surface area contributed by atoms with Gasteiger partial charge < -0.3 is 11.1 Å². The number of amides is 1. The highest BCUT2D eigenvalue weighted by Crippen LogP contribution is 2.16. The van der Waals surface area contributed by atoms with Crippen molar-refractivity contribution < 1.29 is 4.79 Å². The maximum absolute atomic E-state index is 12.0. The molecule has 0 unspecified atom stereocenters. The van der Waals surface area contributed by atoms with Crippen LogP contribution in [-0.2, 0) is 4.79 Å². The molecule has 0 bridgehead atoms. The smallest absolute Gasteiger partial charge is 0.244 e. The summed E-state index contributed by atoms with van der Waals surface area (Å²) in [6.45, 7) is 3.77. The molecule has 0 saturated carbocycles. The second kappa shape index (κ2) is 5.46. The van der Waals surface area contributed by atoms with Gasteiger partial charge in [0.05, 0.1) is 17.2 Å². The van der Waals surface area contributed by atoms with Crippen molar-refractivity contribution in [2.45, 2.75) is 32.2 Å². The Morgan fingerprint density at radius 1 is 1.47 bits per heavy atom. The lowest BCUT2D eigenvalue weighted by Crippen LogP contribution is -2.50. The summed E-state index contributed by atoms with van der Waals surface area (Å²) in [6.07, 6.45) is 1.15. The van der Waals surface area contributed by atoms with Gasteiger partial charge in [-0.15, -0.1) is 0 Å². The van der Waals surface area contributed by atoms with E-state index in [4.69, 9.17) is 11.0 Å². The van der Waals surface area contributed by atoms with Crippen LogP contribution in [-0.4, -0.2) is 11.4 Å². The number of hydrogen-bond acceptors (Lipinski definition) is 3. The van der Waals surface area contributed by atoms with Crippen molar-refractivity contribution in [3.05, 3.63) is 29.8 Å². The summed E-state index contributed by atoms with van der Waals surface area (Å²) in [6, 6.07) is 8.81. The summed E-state index contributed by atoms with van der Waals surface area (Å²) in [5.74, 6) is -0.211. The van der Waals surface area contributed by atoms with E-state index in [1.54, 1.807) is 24.3 Å². The predicted octanol–water partition coefficient (Wildman–Crippen LogP) is 2.01. The summed E-state index contributed by atoms with van der Waals surface area (Å²) in [7, 11) is 0. The number of rotatable bonds is 4. The number of anilines is 1. The number of carbonyl (C=O) groups excluding carboxylic acids is 1. The first-order valence-electron chi connectivity index (χ1n) is 5.66. The molecule has 0 heterocycles. The number of hydrogen-bond donors (Lipinski definition) is 2. The Labute approximate surface area is 101 Å². The molecule has 0 atom stereocenters. The van der Waals surface area contributed by atoms with Crippen molar-refractivity contribution >= 4 is 11.6 Å². The zero-order valence-electron chi connectivity index (χ0n) is 10.2. The number of nitrogens with one attached hydrogen (secondary N) is 1. The van der Waals surface area contributed by atoms with E-state index in [9.17, 15) is 4.79 Å². The zero-order chi connectivity index (χ0) is 12.9. The molecule has 0 radical (unpaired) electrons. The van der Waals surface area contributed by atoms with Crippen LogP contribution in [0.2, 0.25) is 0 Å². The van der Waals surface area contributed by atoms with E-state index < -0.39 is 5.54 Å². The molecule has 1 amide bonds. The average molecular weight is 231 g/mol. The SMILES string of the molecule is CCC(N)(CC)C(=O)Nc1cccc(C#N)c1. The minimum atomic E-state index is -0.845. The van der Waals surface area contributed by atoms with Gasteiger partial charge in [0.1, 0.15) is 0 Å². The molecule has 0 spiro atoms. The second-order valence-electron chi connectivity index (χ2n) is 4.01. The Hall–Kier alpha value is -1.86. The summed E-state index contributed by atoms with van der Waals surface area (Å²) < 4.78 is 0. The van der Waals surface area contributed by atoms with Crippen molar-refractivity contribution in [3.8, 4) is 6.07 Å². The van der Waals surface area contributed by atoms with Crippen LogP contribution in [0.25, 0.3) is 0 Å². The molecule has 0 aliphatic heterocycles. The maximum atomic E-state index is 12.0. The Balaban J connectivity index is 2.85. The topological polar surface area (TPSA) is 78.9 Å². The number of carbonyl (C=O) groups is 1. The molecule has 1 aromatic rings. The third-order valence-electron chi connectivity index (χ3n) is 2.96. The van der Waals surface area contributed by atoms with Gasteiger partial charge in [0.15, 0.2) is 0 Å². The van der Waals surface area contributed by atoms with E-state index in [0.29, 0.717) is 24.1 Å². The van der Waals surface area contributed by atoms with E-state index in [0.717, 1.165) is 0 Å². The summed E-state index contributed by atoms with van der Waals surface area (Å²) in [5, 5.41) is 11.5. The van der Waals surface area contributed by atoms with Crippen LogP contribution in [0, 0.1) is 11.3 Å². The second-order valence-corrected chi connectivity index (χ2v) is 4.01. The van der Waals surface area contributed by atoms with Crippen LogP contribution in [0.5, 0.6) is 0 Å². The molecule has 0 aliphatic rings. The van der Waals surface area contributed by atoms with Crippen LogP contribution in [0.4, 0.5) is 5.69 Å². The largest absolute Gasteiger partial charge is 0.324 e. The molecule has 4 nitrogen and oxygen atoms in total. The average Bonchev–Trinajstić information content (AvgIpc) is 2.37. The Morgan fingerprint density at radius 2 is 2.12 bits per heavy atom. The number of benzene rings is 1. The van der Waals surface area contributed by atoms with Gasteiger partial charge in [0, 0.05) is 5.69 Å². The fourth-order valence-corrected chi connectivity index (χ4v) is 1.49. The van der Waals surface area contributed by atoms with Gasteiger partial charge in [-0.3, -0.25) is 4.79 Å². The number of nitrogens with zero attached hydrogens (tertiary/aromatic N) is 1. The highest BCUT2D eigenvalue weighted by molar-refractivity contribution is 5.97. The minimum absolute atomic E-state index is 0.211. The quantitative estimate of drug-likeness (QED) is 0.832. The molecule has 3 N–H and O–H groups in total. The Kier molecular flexibility index (Phi) is 4.24. The fourth-order valence-electron chi connectivity index (χ4n) is 1.49. The van der Waals surface area contributed by atoms with Crippen LogP contribution >= 0.6 is 0 Å². The van der Waals surface area contributed by atoms with Gasteiger partial charge in [-0.25, -0.2) is 0 Å². The van der Waals surface area contributed by atoms with Crippen LogP contribution in [0.1, 0.15) is 32.3 Å². The molecule has 1 rings (SSSR count). The standard InChI is InChI=1S/C13H17N3O/c1-3-13(15,4-2)12(17)16-11-7-5-6-10(8-11)9-14/h5-8H,3-4,15H2,1-2H3,(H,16,17). The number of nitrogens with two attached hydrogens (primary N) is 1. The van der Waals surface area contributed by atoms with E-state index in [1.165, 1.54) is 0 Å². The zero-order valence-corrected chi connectivity index (χ0v) is 10.2. The first kappa shape index (κ1) is 13.2. The van der Waals surface area contributed by atoms with Crippen molar-refractivity contribution in [1.82, 2.24) is 0 Å². The van der Waals surface area contributed by atoms with E-state index >= 15 is 0 Å². The van der Waals surface area contributed by atoms with Crippen molar-refractivity contribution in [2.24, 2.45) is 5.73 Å². The van der Waals surface area contributed by atoms with E-state index in [1.807, 2.05) is 19.9 Å². The molecule has 0 fully saturated rings. The molecule has 0 aromatic heterocycles. The number of nitriles is 1. The summed E-state index contributed by atoms with van der Waals surface area (Å²) in [4.78, 5) is 12.0. The lowest BCUT2D eigenvalue weighted by atomic mass is 9.93. The minimum Gasteiger partial charge on any atom is -0.324 e. The van der Waals surface area contributed by atoms with Gasteiger partial charge >= 0.3 is 0 Å². The first-order chi connectivity index (χ1) is 8.05. The highest BCUT2D eigenvalue weighted by atomic mass is 16.2. The molecule has 90 valence electrons. The summed E-state index contributed by atoms with van der Waals surface area (Å²) >= 11 is 0. The van der Waals surface area contributed by atoms with Gasteiger partial charge in [0.2, 0.25) is 5.91 Å². The molecule has 0 saturated heterocycles. The van der Waals surface area contributed by atoms with Gasteiger partial charge in [-0.05, 0) is 31.0 Å². The van der Waals surface area contributed by atoms with Crippen LogP contribution in [0.15, 0.2) is 24.3 Å². The molecule has 17 heavy (non-hydrogen) atoms. The lowest BCUT2D eigenvalue weighted by molar-refractivity contribution is -0.121. The fraction of sp³-hybridized carbons (Fsp3) is 0.385. The Morgan fingerprint density at radius 3 is 2.65 bits per heavy atom. The van der Waals surface area contributed by atoms with E-state index in [-0.39, 0.29) is 5.91 Å². The van der Waals surface area contributed by atoms with Crippen LogP contribution in [0.3, 0.4) is 0 Å². The van der Waals surface area contributed by atoms with Gasteiger partial charge in [-0.1, -0.05) is 19.9 Å². The van der Waals surface area contributed by atoms with Gasteiger partial charge in [-0.2, -0.15) is 5.26 Å². The van der Waals surface area contributed by atoms with Crippen LogP contribution < -0.4 is 11.1 Å². The third kappa shape index (κ3) is 3.05. The molecule has 0 aliphatic carbocycles. The maximum Gasteiger partial charge on any atom is 0.244 e. The summed E-state index contributed by atoms with van der Waals surface area (Å²) in [5.41, 5.74) is 6.25. The van der Waals surface area contributed by atoms with Crippen molar-refractivity contribution in [2.75, 3.05) is 5.32 Å². The van der Waals surface area contributed by atoms with E-state index in [2.05, 4.69) is 5.32 Å². The normalized spacial score (nSPS) is 10.7. The highest BCUT2D eigenvalue weighted by Gasteiger charge is 2.29. The van der Waals surface area contributed by atoms with Crippen molar-refractivity contribution in [1.29, 1.82) is 5.26 Å². The lowest BCUT2D eigenvalue weighted by Gasteiger charge is -2.25. The molecule has 4 heteroatoms. The van der Waals surface area contributed by atoms with Gasteiger partial charge in [0.25, 0.3) is 0 Å².